The van der Waals surface area contributed by atoms with Crippen molar-refractivity contribution in [1.29, 1.82) is 0 Å². The molecule has 1 saturated carbocycles. The molecule has 0 saturated heterocycles. The van der Waals surface area contributed by atoms with E-state index in [2.05, 4.69) is 13.8 Å². The van der Waals surface area contributed by atoms with Crippen molar-refractivity contribution in [1.82, 2.24) is 0 Å². The largest absolute Gasteiger partial charge is 0.300 e. The van der Waals surface area contributed by atoms with E-state index in [4.69, 9.17) is 0 Å². The quantitative estimate of drug-likeness (QED) is 0.714. The third kappa shape index (κ3) is 2.30. The molecule has 1 aliphatic carbocycles. The molecule has 0 aromatic heterocycles. The molecule has 0 unspecified atom stereocenters. The van der Waals surface area contributed by atoms with Gasteiger partial charge in [0.05, 0.1) is 0 Å². The van der Waals surface area contributed by atoms with E-state index >= 15 is 0 Å². The summed E-state index contributed by atoms with van der Waals surface area (Å²) in [5.74, 6) is 1.40. The Balaban J connectivity index is 2.85. The van der Waals surface area contributed by atoms with E-state index in [-0.39, 0.29) is 11.2 Å². The van der Waals surface area contributed by atoms with Gasteiger partial charge in [-0.1, -0.05) is 27.7 Å². The van der Waals surface area contributed by atoms with E-state index in [1.54, 1.807) is 0 Å². The number of carbonyl (C=O) groups is 2. The van der Waals surface area contributed by atoms with Gasteiger partial charge in [0.25, 0.3) is 0 Å². The fourth-order valence-corrected chi connectivity index (χ4v) is 2.93. The molecule has 1 aliphatic rings. The van der Waals surface area contributed by atoms with Crippen LogP contribution in [0.4, 0.5) is 0 Å². The molecule has 0 N–H and O–H groups in total. The summed E-state index contributed by atoms with van der Waals surface area (Å²) in [6, 6.07) is 0. The minimum absolute atomic E-state index is 0.221. The highest BCUT2D eigenvalue weighted by atomic mass is 16.1. The summed E-state index contributed by atoms with van der Waals surface area (Å²) in [4.78, 5) is 23.4. The predicted octanol–water partition coefficient (Wildman–Crippen LogP) is 3.00. The number of hydrogen-bond acceptors (Lipinski definition) is 2. The minimum atomic E-state index is -0.374. The zero-order valence-electron chi connectivity index (χ0n) is 10.3. The van der Waals surface area contributed by atoms with E-state index in [0.29, 0.717) is 36.9 Å². The Bertz CT molecular complexity index is 268. The molecule has 1 fully saturated rings. The van der Waals surface area contributed by atoms with E-state index in [9.17, 15) is 9.59 Å². The maximum atomic E-state index is 11.9. The van der Waals surface area contributed by atoms with Crippen LogP contribution in [0.15, 0.2) is 0 Å². The van der Waals surface area contributed by atoms with Gasteiger partial charge in [-0.3, -0.25) is 9.59 Å². The van der Waals surface area contributed by atoms with Crippen molar-refractivity contribution in [3.05, 3.63) is 0 Å². The fraction of sp³-hybridized carbons (Fsp3) is 0.846. The predicted molar refractivity (Wildman–Crippen MR) is 60.6 cm³/mol. The van der Waals surface area contributed by atoms with Crippen LogP contribution in [0.2, 0.25) is 0 Å². The van der Waals surface area contributed by atoms with E-state index in [1.165, 1.54) is 0 Å². The lowest BCUT2D eigenvalue weighted by Gasteiger charge is -2.32. The second kappa shape index (κ2) is 4.46. The van der Waals surface area contributed by atoms with Crippen molar-refractivity contribution in [2.75, 3.05) is 0 Å². The van der Waals surface area contributed by atoms with E-state index in [1.807, 2.05) is 13.8 Å². The summed E-state index contributed by atoms with van der Waals surface area (Å²) in [7, 11) is 0. The number of carbonyl (C=O) groups excluding carboxylic acids is 2. The Labute approximate surface area is 92.4 Å². The molecule has 15 heavy (non-hydrogen) atoms. The van der Waals surface area contributed by atoms with Gasteiger partial charge in [0, 0.05) is 24.7 Å². The molecule has 0 bridgehead atoms. The van der Waals surface area contributed by atoms with Crippen LogP contribution in [0.5, 0.6) is 0 Å². The minimum Gasteiger partial charge on any atom is -0.300 e. The van der Waals surface area contributed by atoms with Gasteiger partial charge in [-0.15, -0.1) is 0 Å². The maximum absolute atomic E-state index is 11.9. The topological polar surface area (TPSA) is 34.1 Å². The van der Waals surface area contributed by atoms with Gasteiger partial charge in [0.1, 0.15) is 11.6 Å². The molecular weight excluding hydrogens is 188 g/mol. The first-order valence-corrected chi connectivity index (χ1v) is 5.96. The molecule has 2 atom stereocenters. The zero-order valence-corrected chi connectivity index (χ0v) is 10.3. The van der Waals surface area contributed by atoms with Crippen LogP contribution in [0, 0.1) is 17.3 Å². The van der Waals surface area contributed by atoms with Crippen LogP contribution in [-0.2, 0) is 9.59 Å². The second-order valence-corrected chi connectivity index (χ2v) is 5.30. The molecular formula is C13H22O2. The number of ketones is 2. The molecule has 2 heteroatoms. The molecule has 0 amide bonds. The molecule has 86 valence electrons. The Morgan fingerprint density at radius 1 is 1.53 bits per heavy atom. The summed E-state index contributed by atoms with van der Waals surface area (Å²) < 4.78 is 0. The summed E-state index contributed by atoms with van der Waals surface area (Å²) in [6.07, 6.45) is 2.62. The third-order valence-corrected chi connectivity index (χ3v) is 3.90. The summed E-state index contributed by atoms with van der Waals surface area (Å²) >= 11 is 0. The van der Waals surface area contributed by atoms with Crippen molar-refractivity contribution in [3.63, 3.8) is 0 Å². The number of hydrogen-bond donors (Lipinski definition) is 0. The summed E-state index contributed by atoms with van der Waals surface area (Å²) in [6.45, 7) is 8.16. The molecule has 1 rings (SSSR count). The smallest absolute Gasteiger partial charge is 0.139 e. The van der Waals surface area contributed by atoms with Crippen LogP contribution in [0.3, 0.4) is 0 Å². The maximum Gasteiger partial charge on any atom is 0.139 e. The van der Waals surface area contributed by atoms with Gasteiger partial charge in [0.15, 0.2) is 0 Å². The molecule has 0 aromatic carbocycles. The van der Waals surface area contributed by atoms with Gasteiger partial charge >= 0.3 is 0 Å². The highest BCUT2D eigenvalue weighted by Crippen LogP contribution is 2.46. The summed E-state index contributed by atoms with van der Waals surface area (Å²) in [5.41, 5.74) is -0.374. The first kappa shape index (κ1) is 12.4. The lowest BCUT2D eigenvalue weighted by atomic mass is 9.70. The Morgan fingerprint density at radius 3 is 2.60 bits per heavy atom. The standard InChI is InChI=1S/C13H22O2/c1-5-10(14)8-13(4)11(9(2)3)6-7-12(13)15/h9,11H,5-8H2,1-4H3/t11-,13-/m1/s1. The molecule has 0 heterocycles. The van der Waals surface area contributed by atoms with Crippen LogP contribution in [-0.4, -0.2) is 11.6 Å². The normalized spacial score (nSPS) is 31.3. The van der Waals surface area contributed by atoms with Crippen LogP contribution in [0.1, 0.15) is 53.4 Å². The third-order valence-electron chi connectivity index (χ3n) is 3.90. The molecule has 0 aromatic rings. The Hall–Kier alpha value is -0.660. The monoisotopic (exact) mass is 210 g/mol. The second-order valence-electron chi connectivity index (χ2n) is 5.30. The van der Waals surface area contributed by atoms with Crippen molar-refractivity contribution in [3.8, 4) is 0 Å². The average Bonchev–Trinajstić information content (AvgIpc) is 2.43. The van der Waals surface area contributed by atoms with Crippen molar-refractivity contribution in [2.45, 2.75) is 53.4 Å². The van der Waals surface area contributed by atoms with Gasteiger partial charge in [0.2, 0.25) is 0 Å². The first-order valence-electron chi connectivity index (χ1n) is 5.96. The molecule has 0 radical (unpaired) electrons. The van der Waals surface area contributed by atoms with Gasteiger partial charge in [-0.05, 0) is 18.3 Å². The van der Waals surface area contributed by atoms with E-state index < -0.39 is 0 Å². The fourth-order valence-electron chi connectivity index (χ4n) is 2.93. The van der Waals surface area contributed by atoms with Crippen LogP contribution >= 0.6 is 0 Å². The molecule has 0 spiro atoms. The highest BCUT2D eigenvalue weighted by molar-refractivity contribution is 5.92. The van der Waals surface area contributed by atoms with Crippen molar-refractivity contribution in [2.24, 2.45) is 17.3 Å². The Kier molecular flexibility index (Phi) is 3.69. The highest BCUT2D eigenvalue weighted by Gasteiger charge is 2.47. The number of rotatable bonds is 4. The van der Waals surface area contributed by atoms with Crippen molar-refractivity contribution < 1.29 is 9.59 Å². The lowest BCUT2D eigenvalue weighted by Crippen LogP contribution is -2.34. The van der Waals surface area contributed by atoms with Crippen LogP contribution in [0.25, 0.3) is 0 Å². The zero-order chi connectivity index (χ0) is 11.6. The Morgan fingerprint density at radius 2 is 2.13 bits per heavy atom. The van der Waals surface area contributed by atoms with Crippen LogP contribution < -0.4 is 0 Å². The van der Waals surface area contributed by atoms with Gasteiger partial charge < -0.3 is 0 Å². The number of Topliss-reactive ketones (excluding diaryl/α,β-unsaturated/α-hetero) is 2. The molecule has 0 aliphatic heterocycles. The van der Waals surface area contributed by atoms with Crippen molar-refractivity contribution >= 4 is 11.6 Å². The van der Waals surface area contributed by atoms with E-state index in [0.717, 1.165) is 6.42 Å². The first-order chi connectivity index (χ1) is 6.91. The average molecular weight is 210 g/mol. The molecule has 2 nitrogen and oxygen atoms in total. The SMILES string of the molecule is CCC(=O)C[C@@]1(C)C(=O)CC[C@@H]1C(C)C. The van der Waals surface area contributed by atoms with Gasteiger partial charge in [-0.2, -0.15) is 0 Å². The summed E-state index contributed by atoms with van der Waals surface area (Å²) in [5, 5.41) is 0. The lowest BCUT2D eigenvalue weighted by molar-refractivity contribution is -0.132. The van der Waals surface area contributed by atoms with Gasteiger partial charge in [-0.25, -0.2) is 0 Å².